The number of anilines is 1. The second kappa shape index (κ2) is 9.98. The Morgan fingerprint density at radius 1 is 1.36 bits per heavy atom. The molecule has 1 aliphatic heterocycles. The number of halogens is 1. The molecule has 1 aromatic carbocycles. The average molecular weight is 414 g/mol. The van der Waals surface area contributed by atoms with Gasteiger partial charge in [-0.3, -0.25) is 9.59 Å². The van der Waals surface area contributed by atoms with Crippen molar-refractivity contribution in [2.45, 2.75) is 39.2 Å². The number of carbonyl (C=O) groups is 2. The van der Waals surface area contributed by atoms with E-state index in [9.17, 15) is 9.59 Å². The van der Waals surface area contributed by atoms with E-state index in [0.29, 0.717) is 36.2 Å². The topological polar surface area (TPSA) is 93.9 Å². The van der Waals surface area contributed by atoms with Crippen LogP contribution in [0.3, 0.4) is 0 Å². The summed E-state index contributed by atoms with van der Waals surface area (Å²) in [6.45, 7) is 6.81. The Morgan fingerprint density at radius 2 is 2.04 bits per heavy atom. The lowest BCUT2D eigenvalue weighted by molar-refractivity contribution is -0.128. The highest BCUT2D eigenvalue weighted by Crippen LogP contribution is 2.36. The van der Waals surface area contributed by atoms with Crippen LogP contribution >= 0.6 is 12.4 Å². The van der Waals surface area contributed by atoms with Crippen LogP contribution in [0, 0.1) is 11.8 Å². The van der Waals surface area contributed by atoms with Crippen LogP contribution in [0.1, 0.15) is 33.6 Å². The van der Waals surface area contributed by atoms with Gasteiger partial charge in [-0.05, 0) is 31.4 Å². The minimum absolute atomic E-state index is 0. The number of nitrogens with zero attached hydrogens (tertiary/aromatic N) is 1. The average Bonchev–Trinajstić information content (AvgIpc) is 3.02. The van der Waals surface area contributed by atoms with Crippen LogP contribution in [0.5, 0.6) is 11.5 Å². The van der Waals surface area contributed by atoms with Gasteiger partial charge >= 0.3 is 0 Å². The molecule has 0 bridgehead atoms. The van der Waals surface area contributed by atoms with E-state index in [4.69, 9.17) is 15.2 Å². The lowest BCUT2D eigenvalue weighted by Gasteiger charge is -2.32. The van der Waals surface area contributed by atoms with Gasteiger partial charge in [-0.15, -0.1) is 12.4 Å². The van der Waals surface area contributed by atoms with Gasteiger partial charge in [0.15, 0.2) is 0 Å². The fourth-order valence-electron chi connectivity index (χ4n) is 3.61. The van der Waals surface area contributed by atoms with E-state index in [-0.39, 0.29) is 30.6 Å². The molecular formula is C20H32ClN3O4. The molecule has 2 amide bonds. The summed E-state index contributed by atoms with van der Waals surface area (Å²) in [4.78, 5) is 26.9. The van der Waals surface area contributed by atoms with Gasteiger partial charge < -0.3 is 25.4 Å². The number of carbonyl (C=O) groups excluding carboxylic acids is 2. The number of nitrogens with one attached hydrogen (secondary N) is 1. The monoisotopic (exact) mass is 413 g/mol. The number of hydrogen-bond donors (Lipinski definition) is 2. The van der Waals surface area contributed by atoms with Gasteiger partial charge in [-0.25, -0.2) is 0 Å². The highest BCUT2D eigenvalue weighted by Gasteiger charge is 2.38. The SMILES string of the molecule is COc1ccc(N2CC(C(=O)NC(C)(CN)CC(C)C)CC2=O)c(OC)c1.Cl. The fourth-order valence-corrected chi connectivity index (χ4v) is 3.61. The molecule has 158 valence electrons. The quantitative estimate of drug-likeness (QED) is 0.682. The molecule has 1 aromatic rings. The minimum Gasteiger partial charge on any atom is -0.497 e. The zero-order valence-electron chi connectivity index (χ0n) is 17.3. The minimum atomic E-state index is -0.473. The third-order valence-electron chi connectivity index (χ3n) is 4.91. The molecule has 0 saturated carbocycles. The van der Waals surface area contributed by atoms with Crippen LogP contribution in [0.4, 0.5) is 5.69 Å². The standard InChI is InChI=1S/C20H31N3O4.ClH/c1-13(2)10-20(3,12-21)22-19(25)14-8-18(24)23(11-14)16-7-6-15(26-4)9-17(16)27-5;/h6-7,9,13-14H,8,10-12,21H2,1-5H3,(H,22,25);1H. The first-order valence-corrected chi connectivity index (χ1v) is 9.27. The van der Waals surface area contributed by atoms with Crippen molar-refractivity contribution in [3.05, 3.63) is 18.2 Å². The number of rotatable bonds is 8. The second-order valence-electron chi connectivity index (χ2n) is 7.80. The van der Waals surface area contributed by atoms with Crippen LogP contribution in [-0.4, -0.2) is 44.7 Å². The Hall–Kier alpha value is -1.99. The van der Waals surface area contributed by atoms with E-state index < -0.39 is 11.5 Å². The van der Waals surface area contributed by atoms with Gasteiger partial charge in [0, 0.05) is 31.1 Å². The molecule has 1 saturated heterocycles. The smallest absolute Gasteiger partial charge is 0.227 e. The van der Waals surface area contributed by atoms with Crippen molar-refractivity contribution in [3.63, 3.8) is 0 Å². The number of nitrogens with two attached hydrogens (primary N) is 1. The molecule has 0 aromatic heterocycles. The molecule has 1 aliphatic rings. The van der Waals surface area contributed by atoms with E-state index in [1.165, 1.54) is 0 Å². The molecule has 7 nitrogen and oxygen atoms in total. The van der Waals surface area contributed by atoms with Crippen molar-refractivity contribution < 1.29 is 19.1 Å². The second-order valence-corrected chi connectivity index (χ2v) is 7.80. The zero-order valence-corrected chi connectivity index (χ0v) is 18.1. The number of benzene rings is 1. The van der Waals surface area contributed by atoms with Crippen LogP contribution < -0.4 is 25.4 Å². The Kier molecular flexibility index (Phi) is 8.57. The summed E-state index contributed by atoms with van der Waals surface area (Å²) >= 11 is 0. The molecule has 0 radical (unpaired) electrons. The molecule has 2 atom stereocenters. The third kappa shape index (κ3) is 5.52. The first-order chi connectivity index (χ1) is 12.7. The first kappa shape index (κ1) is 24.0. The Labute approximate surface area is 173 Å². The van der Waals surface area contributed by atoms with E-state index in [1.54, 1.807) is 37.3 Å². The van der Waals surface area contributed by atoms with E-state index in [1.807, 2.05) is 6.92 Å². The van der Waals surface area contributed by atoms with Gasteiger partial charge in [0.05, 0.1) is 25.8 Å². The lowest BCUT2D eigenvalue weighted by atomic mass is 9.90. The summed E-state index contributed by atoms with van der Waals surface area (Å²) in [6.07, 6.45) is 0.954. The van der Waals surface area contributed by atoms with Gasteiger partial charge in [-0.2, -0.15) is 0 Å². The lowest BCUT2D eigenvalue weighted by Crippen LogP contribution is -2.54. The van der Waals surface area contributed by atoms with Crippen LogP contribution in [0.2, 0.25) is 0 Å². The summed E-state index contributed by atoms with van der Waals surface area (Å²) in [5.41, 5.74) is 6.06. The summed E-state index contributed by atoms with van der Waals surface area (Å²) < 4.78 is 10.6. The zero-order chi connectivity index (χ0) is 20.2. The maximum Gasteiger partial charge on any atom is 0.227 e. The first-order valence-electron chi connectivity index (χ1n) is 9.27. The third-order valence-corrected chi connectivity index (χ3v) is 4.91. The van der Waals surface area contributed by atoms with Crippen molar-refractivity contribution in [1.82, 2.24) is 5.32 Å². The largest absolute Gasteiger partial charge is 0.497 e. The van der Waals surface area contributed by atoms with Crippen LogP contribution in [0.15, 0.2) is 18.2 Å². The molecule has 1 fully saturated rings. The number of ether oxygens (including phenoxy) is 2. The van der Waals surface area contributed by atoms with Crippen molar-refractivity contribution in [1.29, 1.82) is 0 Å². The normalized spacial score (nSPS) is 18.5. The van der Waals surface area contributed by atoms with Gasteiger partial charge in [0.1, 0.15) is 11.5 Å². The molecule has 3 N–H and O–H groups in total. The number of amides is 2. The summed E-state index contributed by atoms with van der Waals surface area (Å²) in [6, 6.07) is 5.27. The van der Waals surface area contributed by atoms with Crippen LogP contribution in [0.25, 0.3) is 0 Å². The van der Waals surface area contributed by atoms with Gasteiger partial charge in [0.2, 0.25) is 11.8 Å². The summed E-state index contributed by atoms with van der Waals surface area (Å²) in [5.74, 6) is 0.939. The Bertz CT molecular complexity index is 698. The summed E-state index contributed by atoms with van der Waals surface area (Å²) in [5, 5.41) is 3.06. The van der Waals surface area contributed by atoms with E-state index in [2.05, 4.69) is 19.2 Å². The van der Waals surface area contributed by atoms with Crippen LogP contribution in [-0.2, 0) is 9.59 Å². The van der Waals surface area contributed by atoms with Crippen molar-refractivity contribution in [2.24, 2.45) is 17.6 Å². The Balaban J connectivity index is 0.00000392. The highest BCUT2D eigenvalue weighted by molar-refractivity contribution is 6.01. The molecule has 2 unspecified atom stereocenters. The number of hydrogen-bond acceptors (Lipinski definition) is 5. The van der Waals surface area contributed by atoms with E-state index in [0.717, 1.165) is 6.42 Å². The van der Waals surface area contributed by atoms with Gasteiger partial charge in [-0.1, -0.05) is 13.8 Å². The van der Waals surface area contributed by atoms with Crippen molar-refractivity contribution in [3.8, 4) is 11.5 Å². The molecular weight excluding hydrogens is 382 g/mol. The fraction of sp³-hybridized carbons (Fsp3) is 0.600. The molecule has 28 heavy (non-hydrogen) atoms. The molecule has 0 aliphatic carbocycles. The Morgan fingerprint density at radius 3 is 2.57 bits per heavy atom. The predicted octanol–water partition coefficient (Wildman–Crippen LogP) is 2.36. The summed E-state index contributed by atoms with van der Waals surface area (Å²) in [7, 11) is 3.11. The maximum atomic E-state index is 12.8. The number of methoxy groups -OCH3 is 2. The highest BCUT2D eigenvalue weighted by atomic mass is 35.5. The maximum absolute atomic E-state index is 12.8. The molecule has 8 heteroatoms. The molecule has 1 heterocycles. The molecule has 2 rings (SSSR count). The van der Waals surface area contributed by atoms with Crippen molar-refractivity contribution >= 4 is 29.9 Å². The van der Waals surface area contributed by atoms with E-state index >= 15 is 0 Å². The van der Waals surface area contributed by atoms with Crippen molar-refractivity contribution in [2.75, 3.05) is 32.2 Å². The van der Waals surface area contributed by atoms with Gasteiger partial charge in [0.25, 0.3) is 0 Å². The molecule has 0 spiro atoms. The predicted molar refractivity (Wildman–Crippen MR) is 112 cm³/mol.